The molecule has 3 heterocycles. The highest BCUT2D eigenvalue weighted by Gasteiger charge is 2.33. The first-order chi connectivity index (χ1) is 10.6. The number of carbonyl (C=O) groups excluding carboxylic acids is 1. The van der Waals surface area contributed by atoms with E-state index in [-0.39, 0.29) is 23.3 Å². The normalized spacial score (nSPS) is 18.1. The van der Waals surface area contributed by atoms with Crippen molar-refractivity contribution in [1.82, 2.24) is 13.7 Å². The van der Waals surface area contributed by atoms with Crippen molar-refractivity contribution >= 4 is 24.6 Å². The van der Waals surface area contributed by atoms with Crippen LogP contribution in [-0.4, -0.2) is 41.7 Å². The first kappa shape index (κ1) is 15.7. The average molecular weight is 343 g/mol. The van der Waals surface area contributed by atoms with Gasteiger partial charge in [-0.3, -0.25) is 18.5 Å². The molecular weight excluding hydrogens is 329 g/mol. The maximum Gasteiger partial charge on any atom is 0.355 e. The lowest BCUT2D eigenvalue weighted by Crippen LogP contribution is -2.38. The highest BCUT2D eigenvalue weighted by atomic mass is 31.2. The predicted molar refractivity (Wildman–Crippen MR) is 78.5 cm³/mol. The third kappa shape index (κ3) is 2.44. The first-order valence-corrected chi connectivity index (χ1v) is 8.44. The number of aryl methyl sites for hydroxylation is 1. The molecule has 0 aromatic carbocycles. The molecule has 0 saturated carbocycles. The smallest absolute Gasteiger partial charge is 0.355 e. The van der Waals surface area contributed by atoms with Gasteiger partial charge < -0.3 is 19.1 Å². The van der Waals surface area contributed by atoms with Crippen LogP contribution in [0.4, 0.5) is 0 Å². The van der Waals surface area contributed by atoms with Crippen molar-refractivity contribution in [2.24, 2.45) is 14.1 Å². The lowest BCUT2D eigenvalue weighted by atomic mass is 10.3. The summed E-state index contributed by atoms with van der Waals surface area (Å²) in [5.74, 6) is -0.791. The van der Waals surface area contributed by atoms with E-state index in [4.69, 9.17) is 14.5 Å². The number of hydrogen-bond donors (Lipinski definition) is 2. The Morgan fingerprint density at radius 2 is 1.91 bits per heavy atom. The number of carbonyl (C=O) groups is 1. The van der Waals surface area contributed by atoms with Gasteiger partial charge in [-0.05, 0) is 6.07 Å². The molecule has 0 fully saturated rings. The lowest BCUT2D eigenvalue weighted by Gasteiger charge is -2.25. The number of esters is 1. The Hall–Kier alpha value is -2.16. The van der Waals surface area contributed by atoms with Gasteiger partial charge in [0.15, 0.2) is 0 Å². The molecule has 0 aliphatic carbocycles. The van der Waals surface area contributed by atoms with Crippen LogP contribution in [0, 0.1) is 0 Å². The van der Waals surface area contributed by atoms with Crippen molar-refractivity contribution in [3.8, 4) is 0 Å². The Labute approximate surface area is 128 Å². The minimum Gasteiger partial charge on any atom is -0.455 e. The van der Waals surface area contributed by atoms with Crippen LogP contribution < -0.4 is 11.2 Å². The summed E-state index contributed by atoms with van der Waals surface area (Å²) in [6.45, 7) is -0.0455. The van der Waals surface area contributed by atoms with E-state index in [2.05, 4.69) is 0 Å². The third-order valence-electron chi connectivity index (χ3n) is 3.81. The van der Waals surface area contributed by atoms with Crippen molar-refractivity contribution in [2.45, 2.75) is 12.6 Å². The van der Waals surface area contributed by atoms with Crippen LogP contribution in [0.3, 0.4) is 0 Å². The second-order valence-corrected chi connectivity index (χ2v) is 7.15. The van der Waals surface area contributed by atoms with Gasteiger partial charge in [0.2, 0.25) is 0 Å². The molecule has 11 heteroatoms. The minimum absolute atomic E-state index is 0.0455. The molecule has 2 aromatic heterocycles. The van der Waals surface area contributed by atoms with Crippen molar-refractivity contribution in [3.05, 3.63) is 32.6 Å². The van der Waals surface area contributed by atoms with E-state index >= 15 is 0 Å². The summed E-state index contributed by atoms with van der Waals surface area (Å²) in [7, 11) is -1.60. The molecule has 0 spiro atoms. The van der Waals surface area contributed by atoms with Gasteiger partial charge in [-0.2, -0.15) is 0 Å². The van der Waals surface area contributed by atoms with E-state index in [0.29, 0.717) is 0 Å². The maximum atomic E-state index is 12.2. The predicted octanol–water partition coefficient (Wildman–Crippen LogP) is -1.24. The van der Waals surface area contributed by atoms with Crippen molar-refractivity contribution in [2.75, 3.05) is 6.16 Å². The molecule has 0 bridgehead atoms. The summed E-state index contributed by atoms with van der Waals surface area (Å²) >= 11 is 0. The van der Waals surface area contributed by atoms with Crippen LogP contribution in [0.25, 0.3) is 11.0 Å². The quantitative estimate of drug-likeness (QED) is 0.514. The summed E-state index contributed by atoms with van der Waals surface area (Å²) < 4.78 is 19.7. The fourth-order valence-corrected chi connectivity index (χ4v) is 3.53. The standard InChI is InChI=1S/C12H14N3O7P/c1-13-9-7(10(16)14(2)12(13)18)3-8-11(17)22-6(4-15(8)9)5-23(19,20)21/h3,6H,4-5H2,1-2H3,(H2,19,20,21). The van der Waals surface area contributed by atoms with Crippen LogP contribution in [0.5, 0.6) is 0 Å². The minimum atomic E-state index is -4.38. The topological polar surface area (TPSA) is 133 Å². The number of ether oxygens (including phenoxy) is 1. The van der Waals surface area contributed by atoms with Crippen LogP contribution in [0.15, 0.2) is 15.7 Å². The van der Waals surface area contributed by atoms with Gasteiger partial charge in [0.25, 0.3) is 5.56 Å². The molecule has 1 aliphatic heterocycles. The highest BCUT2D eigenvalue weighted by molar-refractivity contribution is 7.51. The van der Waals surface area contributed by atoms with Gasteiger partial charge in [0.1, 0.15) is 17.4 Å². The van der Waals surface area contributed by atoms with E-state index < -0.39 is 37.1 Å². The molecule has 1 unspecified atom stereocenters. The van der Waals surface area contributed by atoms with Crippen LogP contribution in [0.1, 0.15) is 10.5 Å². The molecule has 0 radical (unpaired) electrons. The molecule has 10 nitrogen and oxygen atoms in total. The number of fused-ring (bicyclic) bond motifs is 3. The van der Waals surface area contributed by atoms with Gasteiger partial charge in [-0.25, -0.2) is 9.59 Å². The van der Waals surface area contributed by atoms with Gasteiger partial charge in [-0.1, -0.05) is 0 Å². The second kappa shape index (κ2) is 4.92. The summed E-state index contributed by atoms with van der Waals surface area (Å²) in [6, 6.07) is 1.33. The van der Waals surface area contributed by atoms with Gasteiger partial charge in [-0.15, -0.1) is 0 Å². The molecule has 23 heavy (non-hydrogen) atoms. The van der Waals surface area contributed by atoms with Gasteiger partial charge in [0.05, 0.1) is 18.1 Å². The average Bonchev–Trinajstić information content (AvgIpc) is 2.81. The third-order valence-corrected chi connectivity index (χ3v) is 4.69. The fourth-order valence-electron chi connectivity index (χ4n) is 2.81. The molecule has 0 saturated heterocycles. The Bertz CT molecular complexity index is 993. The number of rotatable bonds is 2. The largest absolute Gasteiger partial charge is 0.455 e. The van der Waals surface area contributed by atoms with Crippen LogP contribution in [-0.2, 0) is 29.9 Å². The van der Waals surface area contributed by atoms with Crippen molar-refractivity contribution in [3.63, 3.8) is 0 Å². The Kier molecular flexibility index (Phi) is 3.36. The maximum absolute atomic E-state index is 12.2. The van der Waals surface area contributed by atoms with E-state index in [1.54, 1.807) is 0 Å². The number of hydrogen-bond acceptors (Lipinski definition) is 5. The zero-order valence-corrected chi connectivity index (χ0v) is 13.2. The van der Waals surface area contributed by atoms with Crippen LogP contribution >= 0.6 is 7.60 Å². The number of nitrogens with zero attached hydrogens (tertiary/aromatic N) is 3. The number of aromatic nitrogens is 3. The molecule has 1 atom stereocenters. The molecule has 0 amide bonds. The van der Waals surface area contributed by atoms with E-state index in [0.717, 1.165) is 4.57 Å². The summed E-state index contributed by atoms with van der Waals surface area (Å²) in [6.07, 6.45) is -1.66. The van der Waals surface area contributed by atoms with E-state index in [1.807, 2.05) is 0 Å². The molecule has 124 valence electrons. The molecule has 1 aliphatic rings. The zero-order chi connectivity index (χ0) is 17.1. The Morgan fingerprint density at radius 1 is 1.26 bits per heavy atom. The highest BCUT2D eigenvalue weighted by Crippen LogP contribution is 2.37. The summed E-state index contributed by atoms with van der Waals surface area (Å²) in [5, 5.41) is 0.165. The Balaban J connectivity index is 2.25. The fraction of sp³-hybridized carbons (Fsp3) is 0.417. The molecule has 3 rings (SSSR count). The molecule has 2 N–H and O–H groups in total. The van der Waals surface area contributed by atoms with Crippen LogP contribution in [0.2, 0.25) is 0 Å². The van der Waals surface area contributed by atoms with E-state index in [9.17, 15) is 18.9 Å². The van der Waals surface area contributed by atoms with Gasteiger partial charge >= 0.3 is 19.3 Å². The van der Waals surface area contributed by atoms with Gasteiger partial charge in [0, 0.05) is 14.1 Å². The second-order valence-electron chi connectivity index (χ2n) is 5.46. The van der Waals surface area contributed by atoms with Crippen molar-refractivity contribution in [1.29, 1.82) is 0 Å². The molecular formula is C12H14N3O7P. The monoisotopic (exact) mass is 343 g/mol. The summed E-state index contributed by atoms with van der Waals surface area (Å²) in [5.41, 5.74) is -0.820. The Morgan fingerprint density at radius 3 is 2.52 bits per heavy atom. The first-order valence-electron chi connectivity index (χ1n) is 6.65. The van der Waals surface area contributed by atoms with E-state index in [1.165, 1.54) is 29.3 Å². The summed E-state index contributed by atoms with van der Waals surface area (Å²) in [4.78, 5) is 54.4. The van der Waals surface area contributed by atoms with Crippen molar-refractivity contribution < 1.29 is 23.9 Å². The zero-order valence-electron chi connectivity index (χ0n) is 12.3. The number of cyclic esters (lactones) is 1. The molecule has 2 aromatic rings. The lowest BCUT2D eigenvalue weighted by molar-refractivity contribution is 0.0215. The SMILES string of the molecule is Cn1c(=O)c2cc3n(c2n(C)c1=O)CC(CP(=O)(O)O)OC3=O.